The zero-order valence-electron chi connectivity index (χ0n) is 17.5. The Morgan fingerprint density at radius 3 is 2.48 bits per heavy atom. The lowest BCUT2D eigenvalue weighted by Crippen LogP contribution is -2.52. The highest BCUT2D eigenvalue weighted by Gasteiger charge is 2.34. The Morgan fingerprint density at radius 2 is 1.87 bits per heavy atom. The molecule has 3 rings (SSSR count). The standard InChI is InChI=1S/C22H29N5O3S/c1-31(29,30)26-20(14-16-6-3-2-4-7-16)22(28)27-13-5-8-19(27)15-25-18-11-9-17(10-12-18)21(23)24/h2-4,6-7,9-12,19-20,25-26H,5,8,13-15H2,1H3,(H3,23,24). The molecule has 0 aliphatic carbocycles. The Kier molecular flexibility index (Phi) is 7.29. The van der Waals surface area contributed by atoms with Crippen LogP contribution < -0.4 is 15.8 Å². The first-order valence-electron chi connectivity index (χ1n) is 10.2. The molecule has 0 spiro atoms. The van der Waals surface area contributed by atoms with Gasteiger partial charge in [-0.05, 0) is 49.1 Å². The maximum atomic E-state index is 13.3. The van der Waals surface area contributed by atoms with Gasteiger partial charge in [0.1, 0.15) is 11.9 Å². The van der Waals surface area contributed by atoms with Gasteiger partial charge in [0, 0.05) is 30.4 Å². The van der Waals surface area contributed by atoms with Crippen LogP contribution >= 0.6 is 0 Å². The van der Waals surface area contributed by atoms with Crippen molar-refractivity contribution in [3.8, 4) is 0 Å². The number of likely N-dealkylation sites (tertiary alicyclic amines) is 1. The van der Waals surface area contributed by atoms with Crippen LogP contribution in [0.15, 0.2) is 54.6 Å². The number of benzene rings is 2. The maximum absolute atomic E-state index is 13.3. The summed E-state index contributed by atoms with van der Waals surface area (Å²) in [6, 6.07) is 15.8. The number of amidine groups is 1. The molecule has 166 valence electrons. The normalized spacial score (nSPS) is 17.3. The van der Waals surface area contributed by atoms with E-state index in [-0.39, 0.29) is 17.8 Å². The number of nitrogen functional groups attached to an aromatic ring is 1. The smallest absolute Gasteiger partial charge is 0.241 e. The van der Waals surface area contributed by atoms with E-state index in [2.05, 4.69) is 10.0 Å². The molecule has 31 heavy (non-hydrogen) atoms. The number of amides is 1. The molecule has 1 heterocycles. The lowest BCUT2D eigenvalue weighted by molar-refractivity contribution is -0.133. The van der Waals surface area contributed by atoms with Gasteiger partial charge in [-0.25, -0.2) is 13.1 Å². The van der Waals surface area contributed by atoms with E-state index in [4.69, 9.17) is 11.1 Å². The van der Waals surface area contributed by atoms with Gasteiger partial charge in [-0.1, -0.05) is 30.3 Å². The van der Waals surface area contributed by atoms with Gasteiger partial charge in [0.05, 0.1) is 6.26 Å². The van der Waals surface area contributed by atoms with Crippen LogP contribution in [0, 0.1) is 5.41 Å². The predicted octanol–water partition coefficient (Wildman–Crippen LogP) is 1.53. The predicted molar refractivity (Wildman–Crippen MR) is 123 cm³/mol. The molecule has 2 aromatic carbocycles. The average molecular weight is 444 g/mol. The SMILES string of the molecule is CS(=O)(=O)NC(Cc1ccccc1)C(=O)N1CCCC1CNc1ccc(C(=N)N)cc1. The van der Waals surface area contributed by atoms with Gasteiger partial charge in [0.15, 0.2) is 0 Å². The highest BCUT2D eigenvalue weighted by Crippen LogP contribution is 2.21. The van der Waals surface area contributed by atoms with Crippen molar-refractivity contribution < 1.29 is 13.2 Å². The van der Waals surface area contributed by atoms with Crippen molar-refractivity contribution in [1.82, 2.24) is 9.62 Å². The van der Waals surface area contributed by atoms with Crippen LogP contribution in [0.5, 0.6) is 0 Å². The molecule has 9 heteroatoms. The van der Waals surface area contributed by atoms with Crippen molar-refractivity contribution in [2.24, 2.45) is 5.73 Å². The van der Waals surface area contributed by atoms with Gasteiger partial charge >= 0.3 is 0 Å². The summed E-state index contributed by atoms with van der Waals surface area (Å²) in [7, 11) is -3.54. The lowest BCUT2D eigenvalue weighted by Gasteiger charge is -2.29. The molecule has 2 unspecified atom stereocenters. The molecule has 2 atom stereocenters. The molecule has 8 nitrogen and oxygen atoms in total. The quantitative estimate of drug-likeness (QED) is 0.345. The van der Waals surface area contributed by atoms with E-state index >= 15 is 0 Å². The number of carbonyl (C=O) groups excluding carboxylic acids is 1. The monoisotopic (exact) mass is 443 g/mol. The third kappa shape index (κ3) is 6.53. The number of hydrogen-bond donors (Lipinski definition) is 4. The Morgan fingerprint density at radius 1 is 1.19 bits per heavy atom. The highest BCUT2D eigenvalue weighted by molar-refractivity contribution is 7.88. The van der Waals surface area contributed by atoms with Crippen LogP contribution in [0.2, 0.25) is 0 Å². The molecule has 0 bridgehead atoms. The minimum absolute atomic E-state index is 0.0157. The Bertz CT molecular complexity index is 1010. The van der Waals surface area contributed by atoms with E-state index in [1.165, 1.54) is 0 Å². The van der Waals surface area contributed by atoms with E-state index in [1.807, 2.05) is 42.5 Å². The number of rotatable bonds is 9. The summed E-state index contributed by atoms with van der Waals surface area (Å²) in [4.78, 5) is 15.1. The number of nitrogens with one attached hydrogen (secondary N) is 3. The summed E-state index contributed by atoms with van der Waals surface area (Å²) in [5.41, 5.74) is 7.91. The first-order valence-corrected chi connectivity index (χ1v) is 12.1. The van der Waals surface area contributed by atoms with Crippen LogP contribution in [0.1, 0.15) is 24.0 Å². The van der Waals surface area contributed by atoms with Gasteiger partial charge in [0.25, 0.3) is 0 Å². The lowest BCUT2D eigenvalue weighted by atomic mass is 10.1. The summed E-state index contributed by atoms with van der Waals surface area (Å²) < 4.78 is 26.3. The highest BCUT2D eigenvalue weighted by atomic mass is 32.2. The second-order valence-corrected chi connectivity index (χ2v) is 9.61. The number of nitrogens with zero attached hydrogens (tertiary/aromatic N) is 1. The molecule has 0 saturated carbocycles. The van der Waals surface area contributed by atoms with Crippen molar-refractivity contribution in [3.63, 3.8) is 0 Å². The molecule has 1 aliphatic heterocycles. The molecular formula is C22H29N5O3S. The van der Waals surface area contributed by atoms with E-state index in [9.17, 15) is 13.2 Å². The zero-order chi connectivity index (χ0) is 22.4. The van der Waals surface area contributed by atoms with Crippen LogP contribution in [-0.2, 0) is 21.2 Å². The third-order valence-corrected chi connectivity index (χ3v) is 6.05. The van der Waals surface area contributed by atoms with Crippen molar-refractivity contribution in [1.29, 1.82) is 5.41 Å². The maximum Gasteiger partial charge on any atom is 0.241 e. The molecular weight excluding hydrogens is 414 g/mol. The number of anilines is 1. The fourth-order valence-corrected chi connectivity index (χ4v) is 4.53. The number of carbonyl (C=O) groups is 1. The van der Waals surface area contributed by atoms with E-state index < -0.39 is 16.1 Å². The van der Waals surface area contributed by atoms with Crippen LogP contribution in [0.25, 0.3) is 0 Å². The third-order valence-electron chi connectivity index (χ3n) is 5.34. The molecule has 0 aromatic heterocycles. The van der Waals surface area contributed by atoms with E-state index in [0.29, 0.717) is 25.1 Å². The molecule has 1 amide bonds. The Hall–Kier alpha value is -2.91. The largest absolute Gasteiger partial charge is 0.384 e. The first-order chi connectivity index (χ1) is 14.7. The van der Waals surface area contributed by atoms with Crippen molar-refractivity contribution in [2.75, 3.05) is 24.7 Å². The fourth-order valence-electron chi connectivity index (χ4n) is 3.83. The van der Waals surface area contributed by atoms with Crippen molar-refractivity contribution >= 4 is 27.5 Å². The first kappa shape index (κ1) is 22.8. The van der Waals surface area contributed by atoms with Crippen LogP contribution in [-0.4, -0.2) is 56.5 Å². The summed E-state index contributed by atoms with van der Waals surface area (Å²) in [5, 5.41) is 10.8. The fraction of sp³-hybridized carbons (Fsp3) is 0.364. The van der Waals surface area contributed by atoms with E-state index in [1.54, 1.807) is 17.0 Å². The zero-order valence-corrected chi connectivity index (χ0v) is 18.4. The summed E-state index contributed by atoms with van der Waals surface area (Å²) in [6.45, 7) is 1.16. The average Bonchev–Trinajstić information content (AvgIpc) is 3.20. The van der Waals surface area contributed by atoms with Crippen molar-refractivity contribution in [3.05, 3.63) is 65.7 Å². The van der Waals surface area contributed by atoms with Gasteiger partial charge in [-0.15, -0.1) is 0 Å². The Labute approximate surface area is 183 Å². The summed E-state index contributed by atoms with van der Waals surface area (Å²) >= 11 is 0. The second-order valence-electron chi connectivity index (χ2n) is 7.83. The summed E-state index contributed by atoms with van der Waals surface area (Å²) in [6.07, 6.45) is 3.10. The van der Waals surface area contributed by atoms with Crippen LogP contribution in [0.4, 0.5) is 5.69 Å². The minimum atomic E-state index is -3.54. The molecule has 1 fully saturated rings. The second kappa shape index (κ2) is 9.93. The Balaban J connectivity index is 1.68. The van der Waals surface area contributed by atoms with Gasteiger partial charge in [0.2, 0.25) is 15.9 Å². The van der Waals surface area contributed by atoms with Gasteiger partial charge in [-0.2, -0.15) is 0 Å². The molecule has 2 aromatic rings. The van der Waals surface area contributed by atoms with Crippen LogP contribution in [0.3, 0.4) is 0 Å². The van der Waals surface area contributed by atoms with E-state index in [0.717, 1.165) is 30.3 Å². The van der Waals surface area contributed by atoms with Gasteiger partial charge < -0.3 is 16.0 Å². The molecule has 0 radical (unpaired) electrons. The molecule has 1 aliphatic rings. The topological polar surface area (TPSA) is 128 Å². The molecule has 5 N–H and O–H groups in total. The van der Waals surface area contributed by atoms with Gasteiger partial charge in [-0.3, -0.25) is 10.2 Å². The molecule has 1 saturated heterocycles. The van der Waals surface area contributed by atoms with Crippen molar-refractivity contribution in [2.45, 2.75) is 31.3 Å². The number of nitrogens with two attached hydrogens (primary N) is 1. The minimum Gasteiger partial charge on any atom is -0.384 e. The number of hydrogen-bond acceptors (Lipinski definition) is 5. The summed E-state index contributed by atoms with van der Waals surface area (Å²) in [5.74, 6) is -0.188. The number of sulfonamides is 1.